The van der Waals surface area contributed by atoms with Crippen molar-refractivity contribution in [3.05, 3.63) is 0 Å². The second-order valence-corrected chi connectivity index (χ2v) is 7.40. The van der Waals surface area contributed by atoms with E-state index in [9.17, 15) is 0 Å². The van der Waals surface area contributed by atoms with Crippen molar-refractivity contribution in [3.8, 4) is 0 Å². The summed E-state index contributed by atoms with van der Waals surface area (Å²) < 4.78 is 0. The second-order valence-electron chi connectivity index (χ2n) is 7.40. The number of nitrogens with one attached hydrogen (secondary N) is 1. The number of nitrogens with zero attached hydrogens (tertiary/aromatic N) is 1. The van der Waals surface area contributed by atoms with E-state index in [2.05, 4.69) is 31.0 Å². The highest BCUT2D eigenvalue weighted by molar-refractivity contribution is 4.83. The van der Waals surface area contributed by atoms with Gasteiger partial charge >= 0.3 is 0 Å². The molecule has 1 saturated carbocycles. The van der Waals surface area contributed by atoms with Crippen LogP contribution in [0.5, 0.6) is 0 Å². The Balaban J connectivity index is 1.89. The van der Waals surface area contributed by atoms with Crippen molar-refractivity contribution in [2.24, 2.45) is 11.8 Å². The molecule has 0 bridgehead atoms. The predicted octanol–water partition coefficient (Wildman–Crippen LogP) is 3.67. The zero-order valence-corrected chi connectivity index (χ0v) is 13.3. The first-order valence-electron chi connectivity index (χ1n) is 8.62. The number of rotatable bonds is 3. The summed E-state index contributed by atoms with van der Waals surface area (Å²) in [5.41, 5.74) is 0. The molecule has 2 aliphatic rings. The first-order chi connectivity index (χ1) is 9.15. The summed E-state index contributed by atoms with van der Waals surface area (Å²) in [6.45, 7) is 11.0. The Morgan fingerprint density at radius 2 is 1.95 bits per heavy atom. The third-order valence-corrected chi connectivity index (χ3v) is 5.01. The second kappa shape index (κ2) is 7.64. The zero-order valence-electron chi connectivity index (χ0n) is 13.3. The smallest absolute Gasteiger partial charge is 0.0197 e. The summed E-state index contributed by atoms with van der Waals surface area (Å²) in [5.74, 6) is 1.77. The van der Waals surface area contributed by atoms with Crippen molar-refractivity contribution in [2.75, 3.05) is 19.6 Å². The fourth-order valence-corrected chi connectivity index (χ4v) is 3.92. The van der Waals surface area contributed by atoms with Gasteiger partial charge in [-0.1, -0.05) is 33.6 Å². The standard InChI is InChI=1S/C17H34N2/c1-14(2)12-16-13-19(11-5-10-18-16)17-7-4-6-15(3)8-9-17/h14-18H,4-13H2,1-3H3. The van der Waals surface area contributed by atoms with Gasteiger partial charge in [-0.05, 0) is 57.0 Å². The molecule has 3 unspecified atom stereocenters. The molecule has 0 radical (unpaired) electrons. The van der Waals surface area contributed by atoms with Gasteiger partial charge in [0.25, 0.3) is 0 Å². The third kappa shape index (κ3) is 5.07. The molecule has 2 nitrogen and oxygen atoms in total. The van der Waals surface area contributed by atoms with Crippen molar-refractivity contribution in [2.45, 2.75) is 77.8 Å². The van der Waals surface area contributed by atoms with Crippen molar-refractivity contribution in [3.63, 3.8) is 0 Å². The normalized spacial score (nSPS) is 35.1. The van der Waals surface area contributed by atoms with Gasteiger partial charge in [-0.2, -0.15) is 0 Å². The Morgan fingerprint density at radius 1 is 1.11 bits per heavy atom. The van der Waals surface area contributed by atoms with Gasteiger partial charge in [-0.25, -0.2) is 0 Å². The largest absolute Gasteiger partial charge is 0.313 e. The van der Waals surface area contributed by atoms with E-state index in [1.54, 1.807) is 0 Å². The molecule has 19 heavy (non-hydrogen) atoms. The van der Waals surface area contributed by atoms with Crippen LogP contribution in [-0.4, -0.2) is 36.6 Å². The minimum atomic E-state index is 0.725. The molecule has 0 spiro atoms. The molecular formula is C17H34N2. The van der Waals surface area contributed by atoms with Crippen molar-refractivity contribution in [1.82, 2.24) is 10.2 Å². The molecule has 2 rings (SSSR count). The molecule has 1 aliphatic carbocycles. The monoisotopic (exact) mass is 266 g/mol. The van der Waals surface area contributed by atoms with Crippen molar-refractivity contribution >= 4 is 0 Å². The maximum Gasteiger partial charge on any atom is 0.0197 e. The number of hydrogen-bond acceptors (Lipinski definition) is 2. The van der Waals surface area contributed by atoms with Crippen molar-refractivity contribution in [1.29, 1.82) is 0 Å². The van der Waals surface area contributed by atoms with Crippen LogP contribution in [0.4, 0.5) is 0 Å². The molecular weight excluding hydrogens is 232 g/mol. The lowest BCUT2D eigenvalue weighted by Gasteiger charge is -2.32. The van der Waals surface area contributed by atoms with Gasteiger partial charge < -0.3 is 5.32 Å². The van der Waals surface area contributed by atoms with Crippen LogP contribution in [0.1, 0.15) is 65.7 Å². The highest BCUT2D eigenvalue weighted by Gasteiger charge is 2.26. The van der Waals surface area contributed by atoms with Gasteiger partial charge in [-0.3, -0.25) is 4.90 Å². The molecule has 2 heteroatoms. The van der Waals surface area contributed by atoms with Crippen molar-refractivity contribution < 1.29 is 0 Å². The lowest BCUT2D eigenvalue weighted by molar-refractivity contribution is 0.169. The van der Waals surface area contributed by atoms with E-state index in [1.165, 1.54) is 64.6 Å². The summed E-state index contributed by atoms with van der Waals surface area (Å²) >= 11 is 0. The minimum absolute atomic E-state index is 0.725. The van der Waals surface area contributed by atoms with Crippen LogP contribution in [0.3, 0.4) is 0 Å². The SMILES string of the molecule is CC(C)CC1CN(C2CCCC(C)CC2)CCCN1. The highest BCUT2D eigenvalue weighted by atomic mass is 15.2. The third-order valence-electron chi connectivity index (χ3n) is 5.01. The summed E-state index contributed by atoms with van der Waals surface area (Å²) in [5, 5.41) is 3.76. The Bertz CT molecular complexity index is 252. The van der Waals surface area contributed by atoms with E-state index in [0.29, 0.717) is 0 Å². The molecule has 3 atom stereocenters. The average Bonchev–Trinajstić information content (AvgIpc) is 2.69. The van der Waals surface area contributed by atoms with Crippen LogP contribution in [0.25, 0.3) is 0 Å². The molecule has 0 amide bonds. The molecule has 0 aromatic heterocycles. The Morgan fingerprint density at radius 3 is 2.74 bits per heavy atom. The molecule has 112 valence electrons. The molecule has 2 fully saturated rings. The first-order valence-corrected chi connectivity index (χ1v) is 8.62. The Labute approximate surface area is 120 Å². The van der Waals surface area contributed by atoms with Gasteiger partial charge in [0.05, 0.1) is 0 Å². The average molecular weight is 266 g/mol. The fourth-order valence-electron chi connectivity index (χ4n) is 3.92. The highest BCUT2D eigenvalue weighted by Crippen LogP contribution is 2.27. The van der Waals surface area contributed by atoms with Crippen LogP contribution in [0, 0.1) is 11.8 Å². The van der Waals surface area contributed by atoms with E-state index >= 15 is 0 Å². The maximum atomic E-state index is 3.76. The van der Waals surface area contributed by atoms with Crippen LogP contribution in [-0.2, 0) is 0 Å². The van der Waals surface area contributed by atoms with Crippen LogP contribution in [0.2, 0.25) is 0 Å². The molecule has 1 aliphatic heterocycles. The molecule has 0 aromatic carbocycles. The van der Waals surface area contributed by atoms with Gasteiger partial charge in [0, 0.05) is 18.6 Å². The minimum Gasteiger partial charge on any atom is -0.313 e. The van der Waals surface area contributed by atoms with Crippen LogP contribution in [0.15, 0.2) is 0 Å². The molecule has 1 saturated heterocycles. The van der Waals surface area contributed by atoms with Crippen LogP contribution < -0.4 is 5.32 Å². The summed E-state index contributed by atoms with van der Waals surface area (Å²) in [6, 6.07) is 1.60. The first kappa shape index (κ1) is 15.3. The van der Waals surface area contributed by atoms with Gasteiger partial charge in [-0.15, -0.1) is 0 Å². The summed E-state index contributed by atoms with van der Waals surface area (Å²) in [6.07, 6.45) is 9.90. The van der Waals surface area contributed by atoms with E-state index in [1.807, 2.05) is 0 Å². The molecule has 1 N–H and O–H groups in total. The Kier molecular flexibility index (Phi) is 6.15. The van der Waals surface area contributed by atoms with Crippen LogP contribution >= 0.6 is 0 Å². The molecule has 1 heterocycles. The van der Waals surface area contributed by atoms with Gasteiger partial charge in [0.1, 0.15) is 0 Å². The van der Waals surface area contributed by atoms with E-state index < -0.39 is 0 Å². The maximum absolute atomic E-state index is 3.76. The van der Waals surface area contributed by atoms with E-state index in [0.717, 1.165) is 23.9 Å². The summed E-state index contributed by atoms with van der Waals surface area (Å²) in [7, 11) is 0. The Hall–Kier alpha value is -0.0800. The molecule has 0 aromatic rings. The lowest BCUT2D eigenvalue weighted by Crippen LogP contribution is -2.43. The summed E-state index contributed by atoms with van der Waals surface area (Å²) in [4.78, 5) is 2.82. The fraction of sp³-hybridized carbons (Fsp3) is 1.00. The lowest BCUT2D eigenvalue weighted by atomic mass is 10.0. The van der Waals surface area contributed by atoms with Gasteiger partial charge in [0.15, 0.2) is 0 Å². The number of hydrogen-bond donors (Lipinski definition) is 1. The quantitative estimate of drug-likeness (QED) is 0.784. The zero-order chi connectivity index (χ0) is 13.7. The van der Waals surface area contributed by atoms with E-state index in [-0.39, 0.29) is 0 Å². The van der Waals surface area contributed by atoms with Gasteiger partial charge in [0.2, 0.25) is 0 Å². The predicted molar refractivity (Wildman–Crippen MR) is 83.5 cm³/mol. The topological polar surface area (TPSA) is 15.3 Å². The van der Waals surface area contributed by atoms with E-state index in [4.69, 9.17) is 0 Å².